The van der Waals surface area contributed by atoms with Gasteiger partial charge in [-0.15, -0.1) is 0 Å². The maximum absolute atomic E-state index is 10.4. The summed E-state index contributed by atoms with van der Waals surface area (Å²) in [4.78, 5) is 0. The Bertz CT molecular complexity index is 251. The van der Waals surface area contributed by atoms with Crippen LogP contribution in [0.3, 0.4) is 0 Å². The standard InChI is InChI=1S/C14H24O3/c15-13(11-2-1-3-11)12-4-7-17-14(10-12)5-8-16-9-6-14/h11-13,15H,1-10H2. The van der Waals surface area contributed by atoms with Crippen LogP contribution in [-0.4, -0.2) is 36.6 Å². The number of hydrogen-bond donors (Lipinski definition) is 1. The largest absolute Gasteiger partial charge is 0.393 e. The molecule has 0 amide bonds. The zero-order valence-electron chi connectivity index (χ0n) is 10.6. The average Bonchev–Trinajstić information content (AvgIpc) is 2.28. The Kier molecular flexibility index (Phi) is 3.42. The highest BCUT2D eigenvalue weighted by Gasteiger charge is 2.43. The predicted octanol–water partition coefficient (Wildman–Crippen LogP) is 2.12. The van der Waals surface area contributed by atoms with E-state index in [1.165, 1.54) is 19.3 Å². The predicted molar refractivity (Wildman–Crippen MR) is 64.8 cm³/mol. The van der Waals surface area contributed by atoms with Crippen molar-refractivity contribution in [1.82, 2.24) is 0 Å². The third kappa shape index (κ3) is 2.38. The molecule has 2 aliphatic heterocycles. The van der Waals surface area contributed by atoms with Crippen molar-refractivity contribution in [1.29, 1.82) is 0 Å². The molecule has 1 saturated carbocycles. The van der Waals surface area contributed by atoms with E-state index in [2.05, 4.69) is 0 Å². The molecule has 3 rings (SSSR count). The number of ether oxygens (including phenoxy) is 2. The fraction of sp³-hybridized carbons (Fsp3) is 1.00. The molecule has 3 aliphatic rings. The highest BCUT2D eigenvalue weighted by atomic mass is 16.5. The quantitative estimate of drug-likeness (QED) is 0.803. The van der Waals surface area contributed by atoms with E-state index in [0.29, 0.717) is 11.8 Å². The van der Waals surface area contributed by atoms with Crippen molar-refractivity contribution in [3.05, 3.63) is 0 Å². The van der Waals surface area contributed by atoms with Crippen LogP contribution >= 0.6 is 0 Å². The Morgan fingerprint density at radius 1 is 1.00 bits per heavy atom. The van der Waals surface area contributed by atoms with Crippen LogP contribution in [0, 0.1) is 11.8 Å². The molecule has 3 heteroatoms. The van der Waals surface area contributed by atoms with Crippen molar-refractivity contribution < 1.29 is 14.6 Å². The summed E-state index contributed by atoms with van der Waals surface area (Å²) in [6, 6.07) is 0. The van der Waals surface area contributed by atoms with Crippen molar-refractivity contribution in [2.24, 2.45) is 11.8 Å². The Balaban J connectivity index is 1.61. The second-order valence-corrected chi connectivity index (χ2v) is 6.08. The smallest absolute Gasteiger partial charge is 0.0730 e. The minimum atomic E-state index is -0.0765. The molecule has 0 aromatic heterocycles. The second-order valence-electron chi connectivity index (χ2n) is 6.08. The molecule has 2 heterocycles. The van der Waals surface area contributed by atoms with E-state index in [1.807, 2.05) is 0 Å². The average molecular weight is 240 g/mol. The SMILES string of the molecule is OC(C1CCC1)C1CCOC2(CCOCC2)C1. The topological polar surface area (TPSA) is 38.7 Å². The molecule has 2 saturated heterocycles. The summed E-state index contributed by atoms with van der Waals surface area (Å²) in [5.41, 5.74) is 0.0336. The lowest BCUT2D eigenvalue weighted by Gasteiger charge is -2.46. The van der Waals surface area contributed by atoms with Gasteiger partial charge in [-0.2, -0.15) is 0 Å². The first-order chi connectivity index (χ1) is 8.29. The molecule has 1 spiro atoms. The lowest BCUT2D eigenvalue weighted by atomic mass is 9.71. The molecular formula is C14H24O3. The first-order valence-corrected chi connectivity index (χ1v) is 7.19. The van der Waals surface area contributed by atoms with Crippen LogP contribution in [-0.2, 0) is 9.47 Å². The minimum Gasteiger partial charge on any atom is -0.393 e. The van der Waals surface area contributed by atoms with Crippen LogP contribution in [0.25, 0.3) is 0 Å². The lowest BCUT2D eigenvalue weighted by molar-refractivity contribution is -0.164. The molecule has 17 heavy (non-hydrogen) atoms. The van der Waals surface area contributed by atoms with Crippen molar-refractivity contribution in [3.8, 4) is 0 Å². The maximum Gasteiger partial charge on any atom is 0.0730 e. The molecule has 3 nitrogen and oxygen atoms in total. The lowest BCUT2D eigenvalue weighted by Crippen LogP contribution is -2.48. The van der Waals surface area contributed by atoms with Gasteiger partial charge in [0.25, 0.3) is 0 Å². The molecular weight excluding hydrogens is 216 g/mol. The van der Waals surface area contributed by atoms with Crippen molar-refractivity contribution in [3.63, 3.8) is 0 Å². The molecule has 0 aromatic carbocycles. The van der Waals surface area contributed by atoms with Gasteiger partial charge in [-0.3, -0.25) is 0 Å². The van der Waals surface area contributed by atoms with Gasteiger partial charge in [0.15, 0.2) is 0 Å². The monoisotopic (exact) mass is 240 g/mol. The molecule has 0 aromatic rings. The summed E-state index contributed by atoms with van der Waals surface area (Å²) >= 11 is 0. The van der Waals surface area contributed by atoms with Crippen LogP contribution in [0.5, 0.6) is 0 Å². The van der Waals surface area contributed by atoms with Crippen LogP contribution in [0.4, 0.5) is 0 Å². The van der Waals surface area contributed by atoms with Gasteiger partial charge in [-0.1, -0.05) is 6.42 Å². The molecule has 98 valence electrons. The van der Waals surface area contributed by atoms with E-state index < -0.39 is 0 Å². The number of hydrogen-bond acceptors (Lipinski definition) is 3. The zero-order valence-corrected chi connectivity index (χ0v) is 10.6. The zero-order chi connectivity index (χ0) is 11.7. The molecule has 2 atom stereocenters. The van der Waals surface area contributed by atoms with Crippen LogP contribution in [0.1, 0.15) is 44.9 Å². The summed E-state index contributed by atoms with van der Waals surface area (Å²) in [7, 11) is 0. The third-order valence-corrected chi connectivity index (χ3v) is 5.05. The van der Waals surface area contributed by atoms with Gasteiger partial charge in [0.2, 0.25) is 0 Å². The van der Waals surface area contributed by atoms with E-state index in [-0.39, 0.29) is 11.7 Å². The van der Waals surface area contributed by atoms with E-state index in [1.54, 1.807) is 0 Å². The first kappa shape index (κ1) is 11.9. The normalized spacial score (nSPS) is 35.5. The molecule has 1 aliphatic carbocycles. The van der Waals surface area contributed by atoms with Crippen molar-refractivity contribution >= 4 is 0 Å². The van der Waals surface area contributed by atoms with E-state index in [0.717, 1.165) is 45.5 Å². The van der Waals surface area contributed by atoms with Crippen LogP contribution < -0.4 is 0 Å². The Hall–Kier alpha value is -0.120. The molecule has 0 radical (unpaired) electrons. The maximum atomic E-state index is 10.4. The van der Waals surface area contributed by atoms with Gasteiger partial charge in [0, 0.05) is 19.8 Å². The molecule has 1 N–H and O–H groups in total. The summed E-state index contributed by atoms with van der Waals surface area (Å²) in [5, 5.41) is 10.4. The second kappa shape index (κ2) is 4.87. The number of rotatable bonds is 2. The van der Waals surface area contributed by atoms with Gasteiger partial charge < -0.3 is 14.6 Å². The fourth-order valence-electron chi connectivity index (χ4n) is 3.62. The molecule has 3 fully saturated rings. The first-order valence-electron chi connectivity index (χ1n) is 7.19. The summed E-state index contributed by atoms with van der Waals surface area (Å²) in [6.45, 7) is 2.48. The highest BCUT2D eigenvalue weighted by molar-refractivity contribution is 4.93. The highest BCUT2D eigenvalue weighted by Crippen LogP contribution is 2.42. The molecule has 0 bridgehead atoms. The fourth-order valence-corrected chi connectivity index (χ4v) is 3.62. The van der Waals surface area contributed by atoms with Crippen molar-refractivity contribution in [2.75, 3.05) is 19.8 Å². The summed E-state index contributed by atoms with van der Waals surface area (Å²) < 4.78 is 11.5. The van der Waals surface area contributed by atoms with Gasteiger partial charge in [-0.05, 0) is 50.4 Å². The Morgan fingerprint density at radius 3 is 2.41 bits per heavy atom. The number of aliphatic hydroxyl groups is 1. The van der Waals surface area contributed by atoms with E-state index in [4.69, 9.17) is 9.47 Å². The van der Waals surface area contributed by atoms with Crippen LogP contribution in [0.15, 0.2) is 0 Å². The van der Waals surface area contributed by atoms with Gasteiger partial charge in [0.05, 0.1) is 11.7 Å². The van der Waals surface area contributed by atoms with Crippen LogP contribution in [0.2, 0.25) is 0 Å². The van der Waals surface area contributed by atoms with Crippen molar-refractivity contribution in [2.45, 2.75) is 56.7 Å². The van der Waals surface area contributed by atoms with Gasteiger partial charge in [0.1, 0.15) is 0 Å². The van der Waals surface area contributed by atoms with Gasteiger partial charge >= 0.3 is 0 Å². The molecule has 2 unspecified atom stereocenters. The van der Waals surface area contributed by atoms with E-state index in [9.17, 15) is 5.11 Å². The summed E-state index contributed by atoms with van der Waals surface area (Å²) in [5.74, 6) is 1.04. The third-order valence-electron chi connectivity index (χ3n) is 5.05. The Morgan fingerprint density at radius 2 is 1.76 bits per heavy atom. The number of aliphatic hydroxyl groups excluding tert-OH is 1. The summed E-state index contributed by atoms with van der Waals surface area (Å²) in [6.07, 6.45) is 7.82. The Labute approximate surface area is 103 Å². The minimum absolute atomic E-state index is 0.0336. The van der Waals surface area contributed by atoms with E-state index >= 15 is 0 Å². The van der Waals surface area contributed by atoms with Gasteiger partial charge in [-0.25, -0.2) is 0 Å².